The Bertz CT molecular complexity index is 759. The van der Waals surface area contributed by atoms with Gasteiger partial charge in [0.05, 0.1) is 12.5 Å². The molecule has 0 bridgehead atoms. The summed E-state index contributed by atoms with van der Waals surface area (Å²) in [6.07, 6.45) is 7.32. The number of H-pyrrole nitrogens is 1. The fourth-order valence-electron chi connectivity index (χ4n) is 2.04. The fourth-order valence-corrected chi connectivity index (χ4v) is 2.04. The molecule has 0 aliphatic rings. The molecule has 0 unspecified atom stereocenters. The van der Waals surface area contributed by atoms with E-state index in [1.165, 1.54) is 6.33 Å². The summed E-state index contributed by atoms with van der Waals surface area (Å²) in [5.74, 6) is 1.32. The number of aromatic nitrogens is 3. The lowest BCUT2D eigenvalue weighted by molar-refractivity contribution is 0.415. The summed E-state index contributed by atoms with van der Waals surface area (Å²) < 4.78 is 5.13. The Morgan fingerprint density at radius 2 is 1.95 bits per heavy atom. The SMILES string of the molecule is COc1ccc(/C=C/c2c[nH]c3ncnc(N)c23)cc1. The first-order valence-corrected chi connectivity index (χ1v) is 6.17. The number of nitrogen functional groups attached to an aromatic ring is 1. The van der Waals surface area contributed by atoms with E-state index in [0.717, 1.165) is 27.9 Å². The molecule has 1 aromatic carbocycles. The molecule has 0 spiro atoms. The maximum absolute atomic E-state index is 5.89. The van der Waals surface area contributed by atoms with Gasteiger partial charge in [-0.2, -0.15) is 0 Å². The first-order chi connectivity index (χ1) is 9.78. The van der Waals surface area contributed by atoms with E-state index in [-0.39, 0.29) is 0 Å². The summed E-state index contributed by atoms with van der Waals surface area (Å²) in [6.45, 7) is 0. The van der Waals surface area contributed by atoms with Crippen LogP contribution in [0.2, 0.25) is 0 Å². The molecule has 5 nitrogen and oxygen atoms in total. The predicted molar refractivity (Wildman–Crippen MR) is 80.2 cm³/mol. The number of aromatic amines is 1. The van der Waals surface area contributed by atoms with Crippen LogP contribution in [0.5, 0.6) is 5.75 Å². The van der Waals surface area contributed by atoms with Gasteiger partial charge >= 0.3 is 0 Å². The summed E-state index contributed by atoms with van der Waals surface area (Å²) in [5.41, 5.74) is 8.68. The van der Waals surface area contributed by atoms with Crippen molar-refractivity contribution in [2.45, 2.75) is 0 Å². The maximum atomic E-state index is 5.89. The van der Waals surface area contributed by atoms with Gasteiger partial charge < -0.3 is 15.5 Å². The van der Waals surface area contributed by atoms with Gasteiger partial charge in [-0.3, -0.25) is 0 Å². The summed E-state index contributed by atoms with van der Waals surface area (Å²) in [7, 11) is 1.65. The van der Waals surface area contributed by atoms with Crippen LogP contribution in [0.4, 0.5) is 5.82 Å². The van der Waals surface area contributed by atoms with E-state index in [0.29, 0.717) is 5.82 Å². The van der Waals surface area contributed by atoms with Gasteiger partial charge in [-0.25, -0.2) is 9.97 Å². The van der Waals surface area contributed by atoms with Crippen LogP contribution in [0.3, 0.4) is 0 Å². The van der Waals surface area contributed by atoms with Gasteiger partial charge in [0.1, 0.15) is 23.5 Å². The normalized spacial score (nSPS) is 11.2. The molecule has 0 radical (unpaired) electrons. The van der Waals surface area contributed by atoms with Crippen molar-refractivity contribution in [2.24, 2.45) is 0 Å². The predicted octanol–water partition coefficient (Wildman–Crippen LogP) is 2.72. The lowest BCUT2D eigenvalue weighted by Gasteiger charge is -1.99. The third-order valence-electron chi connectivity index (χ3n) is 3.10. The second kappa shape index (κ2) is 5.05. The molecule has 3 N–H and O–H groups in total. The third kappa shape index (κ3) is 2.21. The molecule has 0 saturated carbocycles. The molecule has 20 heavy (non-hydrogen) atoms. The zero-order valence-corrected chi connectivity index (χ0v) is 11.0. The lowest BCUT2D eigenvalue weighted by Crippen LogP contribution is -1.92. The zero-order chi connectivity index (χ0) is 13.9. The van der Waals surface area contributed by atoms with Crippen LogP contribution in [0.15, 0.2) is 36.8 Å². The number of anilines is 1. The highest BCUT2D eigenvalue weighted by molar-refractivity contribution is 5.95. The number of nitrogens with two attached hydrogens (primary N) is 1. The van der Waals surface area contributed by atoms with Crippen LogP contribution in [-0.2, 0) is 0 Å². The second-order valence-electron chi connectivity index (χ2n) is 4.33. The molecular weight excluding hydrogens is 252 g/mol. The third-order valence-corrected chi connectivity index (χ3v) is 3.10. The fraction of sp³-hybridized carbons (Fsp3) is 0.0667. The van der Waals surface area contributed by atoms with E-state index in [9.17, 15) is 0 Å². The van der Waals surface area contributed by atoms with Crippen molar-refractivity contribution in [3.63, 3.8) is 0 Å². The van der Waals surface area contributed by atoms with Crippen molar-refractivity contribution in [3.05, 3.63) is 47.9 Å². The quantitative estimate of drug-likeness (QED) is 0.764. The standard InChI is InChI=1S/C15H14N4O/c1-20-12-6-3-10(4-7-12)2-5-11-8-17-15-13(11)14(16)18-9-19-15/h2-9H,1H3,(H3,16,17,18,19)/b5-2+. The minimum atomic E-state index is 0.477. The first kappa shape index (κ1) is 12.2. The molecule has 100 valence electrons. The van der Waals surface area contributed by atoms with Crippen molar-refractivity contribution in [1.29, 1.82) is 0 Å². The molecule has 2 aromatic heterocycles. The molecule has 0 aliphatic heterocycles. The number of fused-ring (bicyclic) bond motifs is 1. The average Bonchev–Trinajstić information content (AvgIpc) is 2.90. The van der Waals surface area contributed by atoms with E-state index in [2.05, 4.69) is 15.0 Å². The zero-order valence-electron chi connectivity index (χ0n) is 11.0. The van der Waals surface area contributed by atoms with Gasteiger partial charge in [-0.15, -0.1) is 0 Å². The molecule has 2 heterocycles. The number of nitrogens with one attached hydrogen (secondary N) is 1. The van der Waals surface area contributed by atoms with Crippen LogP contribution in [0, 0.1) is 0 Å². The Morgan fingerprint density at radius 3 is 2.70 bits per heavy atom. The molecule has 3 aromatic rings. The number of nitrogens with zero attached hydrogens (tertiary/aromatic N) is 2. The van der Waals surface area contributed by atoms with E-state index >= 15 is 0 Å². The molecule has 0 fully saturated rings. The summed E-state index contributed by atoms with van der Waals surface area (Å²) in [5, 5.41) is 0.845. The molecule has 0 saturated heterocycles. The highest BCUT2D eigenvalue weighted by Crippen LogP contribution is 2.23. The van der Waals surface area contributed by atoms with Gasteiger partial charge in [-0.05, 0) is 17.7 Å². The minimum Gasteiger partial charge on any atom is -0.497 e. The van der Waals surface area contributed by atoms with Crippen LogP contribution in [-0.4, -0.2) is 22.1 Å². The van der Waals surface area contributed by atoms with Gasteiger partial charge in [-0.1, -0.05) is 24.3 Å². The minimum absolute atomic E-state index is 0.477. The maximum Gasteiger partial charge on any atom is 0.143 e. The van der Waals surface area contributed by atoms with Crippen molar-refractivity contribution < 1.29 is 4.74 Å². The average molecular weight is 266 g/mol. The van der Waals surface area contributed by atoms with Crippen LogP contribution in [0.25, 0.3) is 23.2 Å². The second-order valence-corrected chi connectivity index (χ2v) is 4.33. The molecule has 5 heteroatoms. The topological polar surface area (TPSA) is 76.8 Å². The van der Waals surface area contributed by atoms with Crippen molar-refractivity contribution >= 4 is 29.0 Å². The Morgan fingerprint density at radius 1 is 1.15 bits per heavy atom. The van der Waals surface area contributed by atoms with E-state index in [4.69, 9.17) is 10.5 Å². The van der Waals surface area contributed by atoms with Crippen molar-refractivity contribution in [3.8, 4) is 5.75 Å². The van der Waals surface area contributed by atoms with Gasteiger partial charge in [0, 0.05) is 11.8 Å². The van der Waals surface area contributed by atoms with Gasteiger partial charge in [0.25, 0.3) is 0 Å². The van der Waals surface area contributed by atoms with E-state index < -0.39 is 0 Å². The summed E-state index contributed by atoms with van der Waals surface area (Å²) in [4.78, 5) is 11.2. The molecule has 3 rings (SSSR count). The van der Waals surface area contributed by atoms with Crippen LogP contribution >= 0.6 is 0 Å². The number of hydrogen-bond acceptors (Lipinski definition) is 4. The highest BCUT2D eigenvalue weighted by atomic mass is 16.5. The monoisotopic (exact) mass is 266 g/mol. The van der Waals surface area contributed by atoms with Gasteiger partial charge in [0.2, 0.25) is 0 Å². The Kier molecular flexibility index (Phi) is 3.09. The molecule has 0 aliphatic carbocycles. The largest absolute Gasteiger partial charge is 0.497 e. The highest BCUT2D eigenvalue weighted by Gasteiger charge is 2.06. The number of methoxy groups -OCH3 is 1. The molecule has 0 atom stereocenters. The summed E-state index contributed by atoms with van der Waals surface area (Å²) >= 11 is 0. The van der Waals surface area contributed by atoms with Crippen molar-refractivity contribution in [1.82, 2.24) is 15.0 Å². The Balaban J connectivity index is 1.94. The smallest absolute Gasteiger partial charge is 0.143 e. The molecule has 0 amide bonds. The number of benzene rings is 1. The van der Waals surface area contributed by atoms with Crippen molar-refractivity contribution in [2.75, 3.05) is 12.8 Å². The van der Waals surface area contributed by atoms with Crippen LogP contribution in [0.1, 0.15) is 11.1 Å². The number of hydrogen-bond donors (Lipinski definition) is 2. The van der Waals surface area contributed by atoms with E-state index in [1.807, 2.05) is 42.6 Å². The molecular formula is C15H14N4O. The Hall–Kier alpha value is -2.82. The van der Waals surface area contributed by atoms with E-state index in [1.54, 1.807) is 7.11 Å². The first-order valence-electron chi connectivity index (χ1n) is 6.17. The summed E-state index contributed by atoms with van der Waals surface area (Å²) in [6, 6.07) is 7.83. The number of rotatable bonds is 3. The van der Waals surface area contributed by atoms with Crippen LogP contribution < -0.4 is 10.5 Å². The van der Waals surface area contributed by atoms with Gasteiger partial charge in [0.15, 0.2) is 0 Å². The number of ether oxygens (including phenoxy) is 1. The Labute approximate surface area is 116 Å². The lowest BCUT2D eigenvalue weighted by atomic mass is 10.1.